The number of carbonyl (C=O) groups excluding carboxylic acids is 1. The lowest BCUT2D eigenvalue weighted by Crippen LogP contribution is -2.40. The zero-order valence-electron chi connectivity index (χ0n) is 19.8. The van der Waals surface area contributed by atoms with Crippen molar-refractivity contribution in [1.82, 2.24) is 9.21 Å². The number of carbonyl (C=O) groups is 1. The average molecular weight is 495 g/mol. The van der Waals surface area contributed by atoms with Gasteiger partial charge in [0.2, 0.25) is 10.0 Å². The van der Waals surface area contributed by atoms with Crippen LogP contribution in [0.3, 0.4) is 0 Å². The minimum atomic E-state index is -3.76. The summed E-state index contributed by atoms with van der Waals surface area (Å²) in [4.78, 5) is 15.6. The van der Waals surface area contributed by atoms with Gasteiger partial charge in [0, 0.05) is 26.2 Å². The Bertz CT molecular complexity index is 1230. The van der Waals surface area contributed by atoms with Crippen molar-refractivity contribution in [3.63, 3.8) is 0 Å². The van der Waals surface area contributed by atoms with E-state index >= 15 is 0 Å². The molecule has 3 aromatic rings. The summed E-state index contributed by atoms with van der Waals surface area (Å²) in [5.41, 5.74) is 2.34. The standard InChI is InChI=1S/C27H30N2O5S/c1-33-26-13-12-24(35(31,32)29-16-18-34-19-17-29)20-25(26)27(30)28(21-23-10-6-3-7-11-23)15-14-22-8-4-2-5-9-22/h2-13,20H,14-19,21H2,1H3. The van der Waals surface area contributed by atoms with Gasteiger partial charge in [-0.25, -0.2) is 8.42 Å². The molecule has 0 bridgehead atoms. The maximum atomic E-state index is 13.8. The fourth-order valence-electron chi connectivity index (χ4n) is 4.09. The van der Waals surface area contributed by atoms with Gasteiger partial charge in [-0.05, 0) is 35.7 Å². The number of hydrogen-bond donors (Lipinski definition) is 0. The van der Waals surface area contributed by atoms with Crippen LogP contribution in [0.15, 0.2) is 83.8 Å². The van der Waals surface area contributed by atoms with E-state index in [1.54, 1.807) is 11.0 Å². The van der Waals surface area contributed by atoms with Crippen LogP contribution in [0.2, 0.25) is 0 Å². The molecule has 1 aliphatic rings. The van der Waals surface area contributed by atoms with Crippen molar-refractivity contribution >= 4 is 15.9 Å². The number of benzene rings is 3. The first kappa shape index (κ1) is 24.9. The molecule has 7 nitrogen and oxygen atoms in total. The molecule has 1 heterocycles. The second kappa shape index (κ2) is 11.5. The van der Waals surface area contributed by atoms with Crippen LogP contribution < -0.4 is 4.74 Å². The zero-order valence-corrected chi connectivity index (χ0v) is 20.6. The highest BCUT2D eigenvalue weighted by molar-refractivity contribution is 7.89. The maximum Gasteiger partial charge on any atom is 0.257 e. The molecule has 0 saturated carbocycles. The van der Waals surface area contributed by atoms with E-state index in [0.717, 1.165) is 11.1 Å². The smallest absolute Gasteiger partial charge is 0.257 e. The summed E-state index contributed by atoms with van der Waals surface area (Å²) in [7, 11) is -2.28. The molecular formula is C27H30N2O5S. The van der Waals surface area contributed by atoms with Crippen LogP contribution in [0.4, 0.5) is 0 Å². The van der Waals surface area contributed by atoms with Crippen molar-refractivity contribution in [3.8, 4) is 5.75 Å². The van der Waals surface area contributed by atoms with Crippen molar-refractivity contribution in [2.75, 3.05) is 40.0 Å². The number of nitrogens with zero attached hydrogens (tertiary/aromatic N) is 2. The molecule has 4 rings (SSSR count). The maximum absolute atomic E-state index is 13.8. The summed E-state index contributed by atoms with van der Waals surface area (Å²) in [5, 5.41) is 0. The normalized spacial score (nSPS) is 14.4. The van der Waals surface area contributed by atoms with Crippen molar-refractivity contribution in [2.24, 2.45) is 0 Å². The van der Waals surface area contributed by atoms with E-state index in [9.17, 15) is 13.2 Å². The van der Waals surface area contributed by atoms with Gasteiger partial charge in [-0.3, -0.25) is 4.79 Å². The first-order valence-corrected chi connectivity index (χ1v) is 13.1. The third-order valence-corrected chi connectivity index (χ3v) is 7.92. The van der Waals surface area contributed by atoms with Gasteiger partial charge in [0.1, 0.15) is 5.75 Å². The molecule has 0 atom stereocenters. The quantitative estimate of drug-likeness (QED) is 0.454. The van der Waals surface area contributed by atoms with Gasteiger partial charge in [-0.15, -0.1) is 0 Å². The second-order valence-corrected chi connectivity index (χ2v) is 10.3. The Morgan fingerprint density at radius 3 is 2.20 bits per heavy atom. The summed E-state index contributed by atoms with van der Waals surface area (Å²) >= 11 is 0. The molecule has 8 heteroatoms. The highest BCUT2D eigenvalue weighted by Gasteiger charge is 2.29. The fraction of sp³-hybridized carbons (Fsp3) is 0.296. The average Bonchev–Trinajstić information content (AvgIpc) is 2.92. The summed E-state index contributed by atoms with van der Waals surface area (Å²) in [6.07, 6.45) is 0.674. The number of ether oxygens (including phenoxy) is 2. The van der Waals surface area contributed by atoms with E-state index in [1.807, 2.05) is 60.7 Å². The summed E-state index contributed by atoms with van der Waals surface area (Å²) in [5.74, 6) is 0.0642. The lowest BCUT2D eigenvalue weighted by Gasteiger charge is -2.27. The summed E-state index contributed by atoms with van der Waals surface area (Å²) < 4.78 is 38.6. The second-order valence-electron chi connectivity index (χ2n) is 8.33. The van der Waals surface area contributed by atoms with E-state index < -0.39 is 10.0 Å². The van der Waals surface area contributed by atoms with Crippen LogP contribution in [-0.2, 0) is 27.7 Å². The Labute approximate surface area is 206 Å². The Morgan fingerprint density at radius 2 is 1.57 bits per heavy atom. The topological polar surface area (TPSA) is 76.1 Å². The van der Waals surface area contributed by atoms with Crippen molar-refractivity contribution in [1.29, 1.82) is 0 Å². The molecule has 0 N–H and O–H groups in total. The van der Waals surface area contributed by atoms with Gasteiger partial charge in [0.25, 0.3) is 5.91 Å². The summed E-state index contributed by atoms with van der Waals surface area (Å²) in [6.45, 7) is 2.15. The number of sulfonamides is 1. The van der Waals surface area contributed by atoms with E-state index in [1.165, 1.54) is 23.5 Å². The molecule has 1 saturated heterocycles. The molecule has 0 radical (unpaired) electrons. The van der Waals surface area contributed by atoms with Crippen LogP contribution in [0.5, 0.6) is 5.75 Å². The molecule has 0 unspecified atom stereocenters. The van der Waals surface area contributed by atoms with Gasteiger partial charge in [0.05, 0.1) is 30.8 Å². The molecule has 3 aromatic carbocycles. The molecule has 1 amide bonds. The van der Waals surface area contributed by atoms with Gasteiger partial charge in [-0.2, -0.15) is 4.31 Å². The van der Waals surface area contributed by atoms with Gasteiger partial charge >= 0.3 is 0 Å². The third kappa shape index (κ3) is 6.08. The molecule has 0 aromatic heterocycles. The zero-order chi connectivity index (χ0) is 24.7. The predicted octanol–water partition coefficient (Wildman–Crippen LogP) is 3.60. The Hall–Kier alpha value is -3.20. The fourth-order valence-corrected chi connectivity index (χ4v) is 5.52. The van der Waals surface area contributed by atoms with Crippen molar-refractivity contribution in [2.45, 2.75) is 17.9 Å². The Kier molecular flexibility index (Phi) is 8.17. The largest absolute Gasteiger partial charge is 0.496 e. The van der Waals surface area contributed by atoms with Crippen molar-refractivity contribution < 1.29 is 22.7 Å². The van der Waals surface area contributed by atoms with Crippen LogP contribution >= 0.6 is 0 Å². The van der Waals surface area contributed by atoms with Crippen LogP contribution in [0, 0.1) is 0 Å². The minimum Gasteiger partial charge on any atom is -0.496 e. The van der Waals surface area contributed by atoms with Gasteiger partial charge in [-0.1, -0.05) is 60.7 Å². The first-order chi connectivity index (χ1) is 17.0. The lowest BCUT2D eigenvalue weighted by atomic mass is 10.1. The number of rotatable bonds is 9. The highest BCUT2D eigenvalue weighted by atomic mass is 32.2. The Balaban J connectivity index is 1.65. The highest BCUT2D eigenvalue weighted by Crippen LogP contribution is 2.27. The Morgan fingerprint density at radius 1 is 0.943 bits per heavy atom. The molecule has 1 fully saturated rings. The van der Waals surface area contributed by atoms with Gasteiger partial charge in [0.15, 0.2) is 0 Å². The summed E-state index contributed by atoms with van der Waals surface area (Å²) in [6, 6.07) is 24.2. The number of methoxy groups -OCH3 is 1. The van der Waals surface area contributed by atoms with E-state index in [-0.39, 0.29) is 29.5 Å². The van der Waals surface area contributed by atoms with Crippen LogP contribution in [-0.4, -0.2) is 63.5 Å². The van der Waals surface area contributed by atoms with Gasteiger partial charge < -0.3 is 14.4 Å². The molecule has 1 aliphatic heterocycles. The SMILES string of the molecule is COc1ccc(S(=O)(=O)N2CCOCC2)cc1C(=O)N(CCc1ccccc1)Cc1ccccc1. The molecule has 0 aliphatic carbocycles. The molecular weight excluding hydrogens is 464 g/mol. The molecule has 35 heavy (non-hydrogen) atoms. The minimum absolute atomic E-state index is 0.0753. The van der Waals surface area contributed by atoms with E-state index in [4.69, 9.17) is 9.47 Å². The van der Waals surface area contributed by atoms with Crippen molar-refractivity contribution in [3.05, 3.63) is 95.6 Å². The number of morpholine rings is 1. The predicted molar refractivity (Wildman–Crippen MR) is 134 cm³/mol. The third-order valence-electron chi connectivity index (χ3n) is 6.03. The van der Waals surface area contributed by atoms with Crippen LogP contribution in [0.25, 0.3) is 0 Å². The monoisotopic (exact) mass is 494 g/mol. The van der Waals surface area contributed by atoms with Crippen LogP contribution in [0.1, 0.15) is 21.5 Å². The van der Waals surface area contributed by atoms with E-state index in [2.05, 4.69) is 0 Å². The lowest BCUT2D eigenvalue weighted by molar-refractivity contribution is 0.0728. The van der Waals surface area contributed by atoms with E-state index in [0.29, 0.717) is 38.5 Å². The molecule has 0 spiro atoms. The number of hydrogen-bond acceptors (Lipinski definition) is 5. The number of amides is 1. The first-order valence-electron chi connectivity index (χ1n) is 11.6. The molecule has 184 valence electrons.